The van der Waals surface area contributed by atoms with Gasteiger partial charge in [0.2, 0.25) is 0 Å². The number of hydrogen-bond donors (Lipinski definition) is 4. The van der Waals surface area contributed by atoms with Gasteiger partial charge in [0.05, 0.1) is 12.6 Å². The van der Waals surface area contributed by atoms with E-state index >= 15 is 0 Å². The Morgan fingerprint density at radius 1 is 0.526 bits per heavy atom. The number of aliphatic hydroxyl groups is 4. The summed E-state index contributed by atoms with van der Waals surface area (Å²) in [4.78, 5) is 0. The fourth-order valence-electron chi connectivity index (χ4n) is 1.17. The van der Waals surface area contributed by atoms with E-state index in [1.807, 2.05) is 12.1 Å². The molecule has 0 aliphatic carbocycles. The van der Waals surface area contributed by atoms with Crippen molar-refractivity contribution in [1.29, 1.82) is 0 Å². The van der Waals surface area contributed by atoms with Crippen LogP contribution in [0.15, 0.2) is 60.7 Å². The van der Waals surface area contributed by atoms with Crippen molar-refractivity contribution in [2.75, 3.05) is 0 Å². The molecule has 2 aromatic rings. The quantitative estimate of drug-likeness (QED) is 0.489. The summed E-state index contributed by atoms with van der Waals surface area (Å²) in [6.45, 7) is 0. The van der Waals surface area contributed by atoms with Gasteiger partial charge in [-0.05, 0) is 0 Å². The van der Waals surface area contributed by atoms with Crippen LogP contribution in [0.5, 0.6) is 0 Å². The molecular weight excluding hydrogens is 241 g/mol. The van der Waals surface area contributed by atoms with Gasteiger partial charge in [-0.2, -0.15) is 24.3 Å². The molecule has 0 aromatic heterocycles. The average molecular weight is 255 g/mol. The van der Waals surface area contributed by atoms with Gasteiger partial charge < -0.3 is 20.4 Å². The third-order valence-electron chi connectivity index (χ3n) is 2.06. The van der Waals surface area contributed by atoms with Crippen LogP contribution in [0, 0.1) is 12.6 Å². The maximum Gasteiger partial charge on any atom is 2.00 e. The fourth-order valence-corrected chi connectivity index (χ4v) is 1.17. The van der Waals surface area contributed by atoms with E-state index in [0.29, 0.717) is 11.1 Å². The van der Waals surface area contributed by atoms with Crippen LogP contribution >= 0.6 is 0 Å². The molecule has 2 rings (SSSR count). The van der Waals surface area contributed by atoms with Crippen molar-refractivity contribution in [3.63, 3.8) is 0 Å². The zero-order valence-electron chi connectivity index (χ0n) is 10.3. The number of hydrogen-bond acceptors (Lipinski definition) is 4. The van der Waals surface area contributed by atoms with Gasteiger partial charge in [0, 0.05) is 0 Å². The van der Waals surface area contributed by atoms with Crippen molar-refractivity contribution in [3.8, 4) is 0 Å². The van der Waals surface area contributed by atoms with E-state index in [1.54, 1.807) is 48.5 Å². The Morgan fingerprint density at radius 3 is 0.947 bits per heavy atom. The predicted octanol–water partition coefficient (Wildman–Crippen LogP) is 2.16. The molecular formula is C14H14BeO4. The van der Waals surface area contributed by atoms with E-state index in [2.05, 4.69) is 0 Å². The monoisotopic (exact) mass is 255 g/mol. The molecule has 0 bridgehead atoms. The second-order valence-corrected chi connectivity index (χ2v) is 3.38. The van der Waals surface area contributed by atoms with Crippen LogP contribution in [0.3, 0.4) is 0 Å². The topological polar surface area (TPSA) is 80.9 Å². The van der Waals surface area contributed by atoms with Crippen LogP contribution in [0.25, 0.3) is 0 Å². The van der Waals surface area contributed by atoms with Gasteiger partial charge in [0.1, 0.15) is 0 Å². The Balaban J connectivity index is 0.000000324. The van der Waals surface area contributed by atoms with Gasteiger partial charge >= 0.3 is 10.1 Å². The minimum atomic E-state index is -0.629. The third-order valence-corrected chi connectivity index (χ3v) is 2.06. The van der Waals surface area contributed by atoms with Gasteiger partial charge in [-0.3, -0.25) is 0 Å². The molecule has 96 valence electrons. The molecule has 0 unspecified atom stereocenters. The molecule has 0 aliphatic rings. The molecule has 19 heavy (non-hydrogen) atoms. The Bertz CT molecular complexity index is 388. The van der Waals surface area contributed by atoms with E-state index in [0.717, 1.165) is 0 Å². The average Bonchev–Trinajstić information content (AvgIpc) is 2.41. The Kier molecular flexibility index (Phi) is 8.29. The van der Waals surface area contributed by atoms with Crippen molar-refractivity contribution in [2.45, 2.75) is 0 Å². The van der Waals surface area contributed by atoms with Crippen LogP contribution in [-0.4, -0.2) is 30.5 Å². The molecule has 0 atom stereocenters. The first-order valence-corrected chi connectivity index (χ1v) is 5.22. The van der Waals surface area contributed by atoms with Gasteiger partial charge in [-0.15, -0.1) is 35.4 Å². The van der Waals surface area contributed by atoms with Crippen LogP contribution in [0.1, 0.15) is 11.1 Å². The predicted molar refractivity (Wildman–Crippen MR) is 71.1 cm³/mol. The van der Waals surface area contributed by atoms with E-state index < -0.39 is 12.6 Å². The first-order chi connectivity index (χ1) is 8.61. The van der Waals surface area contributed by atoms with E-state index in [1.165, 1.54) is 0 Å². The molecule has 2 aromatic carbocycles. The summed E-state index contributed by atoms with van der Waals surface area (Å²) in [5.74, 6) is 0. The summed E-state index contributed by atoms with van der Waals surface area (Å²) in [6.07, 6.45) is -1.26. The van der Waals surface area contributed by atoms with Crippen molar-refractivity contribution in [2.24, 2.45) is 0 Å². The summed E-state index contributed by atoms with van der Waals surface area (Å²) in [5, 5.41) is 34.0. The van der Waals surface area contributed by atoms with Crippen molar-refractivity contribution < 1.29 is 20.4 Å². The molecule has 0 aliphatic heterocycles. The second kappa shape index (κ2) is 9.16. The van der Waals surface area contributed by atoms with Gasteiger partial charge in [-0.1, -0.05) is 12.1 Å². The normalized spacial score (nSPS) is 8.63. The number of aliphatic hydroxyl groups excluding tert-OH is 2. The maximum atomic E-state index is 8.50. The second-order valence-electron chi connectivity index (χ2n) is 3.38. The fraction of sp³-hybridized carbons (Fsp3) is 0. The maximum absolute atomic E-state index is 8.50. The zero-order chi connectivity index (χ0) is 13.4. The molecule has 0 amide bonds. The van der Waals surface area contributed by atoms with E-state index in [9.17, 15) is 0 Å². The molecule has 0 heterocycles. The van der Waals surface area contributed by atoms with Gasteiger partial charge in [-0.25, -0.2) is 0 Å². The number of benzene rings is 2. The van der Waals surface area contributed by atoms with Gasteiger partial charge in [0.25, 0.3) is 0 Å². The first kappa shape index (κ1) is 17.2. The largest absolute Gasteiger partial charge is 2.00 e. The van der Waals surface area contributed by atoms with Crippen molar-refractivity contribution in [3.05, 3.63) is 84.4 Å². The van der Waals surface area contributed by atoms with Crippen LogP contribution in [-0.2, 0) is 0 Å². The van der Waals surface area contributed by atoms with E-state index in [4.69, 9.17) is 20.4 Å². The van der Waals surface area contributed by atoms with Crippen molar-refractivity contribution in [1.82, 2.24) is 0 Å². The summed E-state index contributed by atoms with van der Waals surface area (Å²) >= 11 is 0. The molecule has 0 spiro atoms. The Hall–Kier alpha value is -1.81. The Morgan fingerprint density at radius 2 is 0.789 bits per heavy atom. The first-order valence-electron chi connectivity index (χ1n) is 5.22. The smallest absolute Gasteiger partial charge is 0.401 e. The standard InChI is InChI=1S/2C7H7O2.Be/c2*8-7(9)6-4-2-1-3-5-6;/h2*1-5,8-9H;/q2*-1;+2. The molecule has 4 nitrogen and oxygen atoms in total. The third kappa shape index (κ3) is 6.62. The van der Waals surface area contributed by atoms with Crippen LogP contribution < -0.4 is 0 Å². The summed E-state index contributed by atoms with van der Waals surface area (Å²) in [5.41, 5.74) is 0.884. The SMILES string of the molecule is O[C-](O)c1ccccc1.O[C-](O)c1ccccc1.[Be+2]. The minimum absolute atomic E-state index is 0. The van der Waals surface area contributed by atoms with Crippen LogP contribution in [0.4, 0.5) is 0 Å². The summed E-state index contributed by atoms with van der Waals surface area (Å²) in [6, 6.07) is 17.1. The Labute approximate surface area is 115 Å². The summed E-state index contributed by atoms with van der Waals surface area (Å²) < 4.78 is 0. The zero-order valence-corrected chi connectivity index (χ0v) is 10.3. The molecule has 0 saturated heterocycles. The molecule has 0 fully saturated rings. The molecule has 0 saturated carbocycles. The summed E-state index contributed by atoms with van der Waals surface area (Å²) in [7, 11) is 0. The molecule has 5 heteroatoms. The molecule has 0 radical (unpaired) electrons. The van der Waals surface area contributed by atoms with E-state index in [-0.39, 0.29) is 10.1 Å². The molecule has 4 N–H and O–H groups in total. The van der Waals surface area contributed by atoms with Crippen LogP contribution in [0.2, 0.25) is 0 Å². The van der Waals surface area contributed by atoms with Crippen molar-refractivity contribution >= 4 is 10.1 Å². The van der Waals surface area contributed by atoms with Gasteiger partial charge in [0.15, 0.2) is 0 Å². The number of rotatable bonds is 2. The minimum Gasteiger partial charge on any atom is -0.401 e.